The number of benzene rings is 2. The number of nitro groups is 1. The van der Waals surface area contributed by atoms with Gasteiger partial charge in [0.1, 0.15) is 0 Å². The Bertz CT molecular complexity index is 1190. The Labute approximate surface area is 174 Å². The van der Waals surface area contributed by atoms with Crippen molar-refractivity contribution in [2.75, 3.05) is 16.3 Å². The van der Waals surface area contributed by atoms with Crippen LogP contribution in [-0.2, 0) is 10.0 Å². The minimum Gasteiger partial charge on any atom is -0.298 e. The first-order valence-corrected chi connectivity index (χ1v) is 11.1. The summed E-state index contributed by atoms with van der Waals surface area (Å²) >= 11 is 7.15. The van der Waals surface area contributed by atoms with Crippen LogP contribution in [0.25, 0.3) is 11.3 Å². The van der Waals surface area contributed by atoms with E-state index in [4.69, 9.17) is 11.6 Å². The third-order valence-electron chi connectivity index (χ3n) is 3.62. The number of sulfonamides is 1. The van der Waals surface area contributed by atoms with Gasteiger partial charge in [0.05, 0.1) is 27.5 Å². The molecule has 3 aromatic rings. The van der Waals surface area contributed by atoms with Crippen molar-refractivity contribution in [2.45, 2.75) is 0 Å². The van der Waals surface area contributed by atoms with E-state index in [-0.39, 0.29) is 16.3 Å². The van der Waals surface area contributed by atoms with Crippen LogP contribution in [0.5, 0.6) is 0 Å². The number of hydrogen-bond acceptors (Lipinski definition) is 7. The summed E-state index contributed by atoms with van der Waals surface area (Å²) in [4.78, 5) is 26.9. The first kappa shape index (κ1) is 20.7. The van der Waals surface area contributed by atoms with Crippen LogP contribution in [0.4, 0.5) is 16.5 Å². The molecule has 0 bridgehead atoms. The zero-order valence-electron chi connectivity index (χ0n) is 14.7. The molecule has 0 radical (unpaired) electrons. The number of anilines is 2. The van der Waals surface area contributed by atoms with Gasteiger partial charge in [-0.3, -0.25) is 24.9 Å². The number of carbonyl (C=O) groups excluding carboxylic acids is 1. The maximum atomic E-state index is 12.4. The van der Waals surface area contributed by atoms with E-state index < -0.39 is 20.9 Å². The minimum atomic E-state index is -3.36. The molecule has 0 atom stereocenters. The summed E-state index contributed by atoms with van der Waals surface area (Å²) in [5.41, 5.74) is 1.62. The van der Waals surface area contributed by atoms with Crippen molar-refractivity contribution in [3.8, 4) is 11.3 Å². The number of carbonyl (C=O) groups is 1. The van der Waals surface area contributed by atoms with E-state index in [9.17, 15) is 23.3 Å². The molecule has 0 saturated heterocycles. The zero-order valence-corrected chi connectivity index (χ0v) is 17.1. The highest BCUT2D eigenvalue weighted by molar-refractivity contribution is 7.92. The largest absolute Gasteiger partial charge is 0.298 e. The van der Waals surface area contributed by atoms with Crippen LogP contribution in [0.1, 0.15) is 10.4 Å². The molecule has 150 valence electrons. The minimum absolute atomic E-state index is 0.0394. The molecule has 12 heteroatoms. The summed E-state index contributed by atoms with van der Waals surface area (Å²) in [5.74, 6) is -0.543. The molecule has 0 aliphatic rings. The van der Waals surface area contributed by atoms with Crippen LogP contribution < -0.4 is 10.0 Å². The van der Waals surface area contributed by atoms with E-state index in [1.54, 1.807) is 29.6 Å². The second kappa shape index (κ2) is 8.15. The molecule has 2 aromatic carbocycles. The van der Waals surface area contributed by atoms with Gasteiger partial charge in [0, 0.05) is 28.8 Å². The number of aromatic nitrogens is 1. The van der Waals surface area contributed by atoms with Crippen LogP contribution in [0, 0.1) is 10.1 Å². The van der Waals surface area contributed by atoms with Crippen molar-refractivity contribution in [3.05, 3.63) is 68.5 Å². The smallest absolute Gasteiger partial charge is 0.270 e. The van der Waals surface area contributed by atoms with Gasteiger partial charge in [0.2, 0.25) is 10.0 Å². The predicted octanol–water partition coefficient (Wildman–Crippen LogP) is 4.00. The summed E-state index contributed by atoms with van der Waals surface area (Å²) in [6.07, 6.45) is 1.06. The van der Waals surface area contributed by atoms with Gasteiger partial charge in [-0.05, 0) is 18.2 Å². The van der Waals surface area contributed by atoms with Crippen LogP contribution >= 0.6 is 22.9 Å². The van der Waals surface area contributed by atoms with E-state index in [0.717, 1.165) is 17.9 Å². The van der Waals surface area contributed by atoms with E-state index in [1.807, 2.05) is 0 Å². The Balaban J connectivity index is 1.73. The predicted molar refractivity (Wildman–Crippen MR) is 112 cm³/mol. The zero-order chi connectivity index (χ0) is 21.2. The fourth-order valence-electron chi connectivity index (χ4n) is 2.35. The summed E-state index contributed by atoms with van der Waals surface area (Å²) in [7, 11) is -3.36. The lowest BCUT2D eigenvalue weighted by Crippen LogP contribution is -2.12. The first-order valence-electron chi connectivity index (χ1n) is 7.91. The Morgan fingerprint density at radius 2 is 1.90 bits per heavy atom. The highest BCUT2D eigenvalue weighted by Crippen LogP contribution is 2.28. The highest BCUT2D eigenvalue weighted by atomic mass is 35.5. The van der Waals surface area contributed by atoms with Gasteiger partial charge in [-0.2, -0.15) is 0 Å². The fraction of sp³-hybridized carbons (Fsp3) is 0.0588. The third kappa shape index (κ3) is 5.28. The average molecular weight is 453 g/mol. The van der Waals surface area contributed by atoms with Crippen molar-refractivity contribution in [3.63, 3.8) is 0 Å². The SMILES string of the molecule is CS(=O)(=O)Nc1ccc(-c2csc(NC(=O)c3ccc([N+](=O)[O-])cc3Cl)n2)cc1. The number of nitrogens with zero attached hydrogens (tertiary/aromatic N) is 2. The molecule has 0 aliphatic heterocycles. The lowest BCUT2D eigenvalue weighted by Gasteiger charge is -2.05. The quantitative estimate of drug-likeness (QED) is 0.429. The van der Waals surface area contributed by atoms with Crippen LogP contribution in [0.15, 0.2) is 47.8 Å². The summed E-state index contributed by atoms with van der Waals surface area (Å²) in [6.45, 7) is 0. The lowest BCUT2D eigenvalue weighted by molar-refractivity contribution is -0.384. The normalized spacial score (nSPS) is 11.1. The molecule has 3 rings (SSSR count). The number of amides is 1. The number of rotatable bonds is 6. The monoisotopic (exact) mass is 452 g/mol. The Kier molecular flexibility index (Phi) is 5.82. The fourth-order valence-corrected chi connectivity index (χ4v) is 3.89. The van der Waals surface area contributed by atoms with Gasteiger partial charge in [-0.1, -0.05) is 23.7 Å². The van der Waals surface area contributed by atoms with Crippen LogP contribution in [0.2, 0.25) is 5.02 Å². The molecule has 0 saturated carbocycles. The molecule has 9 nitrogen and oxygen atoms in total. The highest BCUT2D eigenvalue weighted by Gasteiger charge is 2.16. The summed E-state index contributed by atoms with van der Waals surface area (Å²) in [6, 6.07) is 10.2. The molecule has 1 heterocycles. The lowest BCUT2D eigenvalue weighted by atomic mass is 10.1. The summed E-state index contributed by atoms with van der Waals surface area (Å²) < 4.78 is 24.9. The van der Waals surface area contributed by atoms with Crippen molar-refractivity contribution in [1.82, 2.24) is 4.98 Å². The van der Waals surface area contributed by atoms with Gasteiger partial charge in [-0.15, -0.1) is 11.3 Å². The van der Waals surface area contributed by atoms with Crippen molar-refractivity contribution >= 4 is 55.4 Å². The van der Waals surface area contributed by atoms with E-state index >= 15 is 0 Å². The number of thiazole rings is 1. The second-order valence-electron chi connectivity index (χ2n) is 5.86. The molecule has 0 aliphatic carbocycles. The average Bonchev–Trinajstić information content (AvgIpc) is 3.09. The van der Waals surface area contributed by atoms with Crippen molar-refractivity contribution < 1.29 is 18.1 Å². The first-order chi connectivity index (χ1) is 13.6. The molecule has 29 heavy (non-hydrogen) atoms. The maximum Gasteiger partial charge on any atom is 0.270 e. The Morgan fingerprint density at radius 3 is 2.48 bits per heavy atom. The van der Waals surface area contributed by atoms with Gasteiger partial charge in [0.15, 0.2) is 5.13 Å². The Morgan fingerprint density at radius 1 is 1.21 bits per heavy atom. The molecule has 0 fully saturated rings. The number of halogens is 1. The van der Waals surface area contributed by atoms with E-state index in [2.05, 4.69) is 15.0 Å². The second-order valence-corrected chi connectivity index (χ2v) is 8.88. The Hall–Kier alpha value is -3.02. The number of hydrogen-bond donors (Lipinski definition) is 2. The molecular weight excluding hydrogens is 440 g/mol. The van der Waals surface area contributed by atoms with Crippen molar-refractivity contribution in [2.24, 2.45) is 0 Å². The molecule has 0 spiro atoms. The van der Waals surface area contributed by atoms with Crippen LogP contribution in [-0.4, -0.2) is 30.5 Å². The van der Waals surface area contributed by atoms with Gasteiger partial charge in [-0.25, -0.2) is 13.4 Å². The number of nitro benzene ring substituents is 1. The van der Waals surface area contributed by atoms with Crippen molar-refractivity contribution in [1.29, 1.82) is 0 Å². The molecule has 1 aromatic heterocycles. The third-order valence-corrected chi connectivity index (χ3v) is 5.29. The summed E-state index contributed by atoms with van der Waals surface area (Å²) in [5, 5.41) is 15.4. The topological polar surface area (TPSA) is 131 Å². The van der Waals surface area contributed by atoms with E-state index in [0.29, 0.717) is 16.5 Å². The van der Waals surface area contributed by atoms with E-state index in [1.165, 1.54) is 23.5 Å². The molecular formula is C17H13ClN4O5S2. The van der Waals surface area contributed by atoms with Gasteiger partial charge < -0.3 is 0 Å². The van der Waals surface area contributed by atoms with Gasteiger partial charge >= 0.3 is 0 Å². The molecule has 0 unspecified atom stereocenters. The number of nitrogens with one attached hydrogen (secondary N) is 2. The maximum absolute atomic E-state index is 12.4. The van der Waals surface area contributed by atoms with Gasteiger partial charge in [0.25, 0.3) is 11.6 Å². The molecule has 2 N–H and O–H groups in total. The van der Waals surface area contributed by atoms with Crippen LogP contribution in [0.3, 0.4) is 0 Å². The molecule has 1 amide bonds. The number of non-ortho nitro benzene ring substituents is 1. The standard InChI is InChI=1S/C17H13ClN4O5S2/c1-29(26,27)21-11-4-2-10(3-5-11)15-9-28-17(19-15)20-16(23)13-7-6-12(22(24)25)8-14(13)18/h2-9,21H,1H3,(H,19,20,23).